The van der Waals surface area contributed by atoms with Crippen LogP contribution in [0.4, 0.5) is 0 Å². The fraction of sp³-hybridized carbons (Fsp3) is 1.00. The second kappa shape index (κ2) is 19.8. The largest absolute Gasteiger partial charge is 0.0776 e. The zero-order chi connectivity index (χ0) is 0. The monoisotopic (exact) mass is 252 g/mol. The Morgan fingerprint density at radius 2 is 1.00 bits per heavy atom. The molecule has 0 amide bonds. The molecular formula is CH4CdNiZn. The third-order valence-corrected chi connectivity index (χ3v) is 0. The van der Waals surface area contributed by atoms with Gasteiger partial charge in [-0.15, -0.1) is 0 Å². The van der Waals surface area contributed by atoms with E-state index in [1.54, 1.807) is 0 Å². The van der Waals surface area contributed by atoms with Crippen LogP contribution in [0.1, 0.15) is 7.43 Å². The smallest absolute Gasteiger partial charge is 0 e. The predicted molar refractivity (Wildman–Crippen MR) is 6.73 cm³/mol. The van der Waals surface area contributed by atoms with Gasteiger partial charge < -0.3 is 0 Å². The first kappa shape index (κ1) is 36.9. The summed E-state index contributed by atoms with van der Waals surface area (Å²) in [5, 5.41) is 0. The maximum atomic E-state index is 0. The molecule has 0 aliphatic carbocycles. The van der Waals surface area contributed by atoms with Crippen molar-refractivity contribution in [2.45, 2.75) is 7.43 Å². The van der Waals surface area contributed by atoms with Crippen LogP contribution < -0.4 is 0 Å². The second-order valence-corrected chi connectivity index (χ2v) is 0. The van der Waals surface area contributed by atoms with Crippen molar-refractivity contribution in [1.82, 2.24) is 0 Å². The van der Waals surface area contributed by atoms with Gasteiger partial charge in [0.2, 0.25) is 0 Å². The van der Waals surface area contributed by atoms with Gasteiger partial charge in [0.15, 0.2) is 0 Å². The van der Waals surface area contributed by atoms with E-state index in [0.717, 1.165) is 0 Å². The fourth-order valence-electron chi connectivity index (χ4n) is 0. The zero-order valence-corrected chi connectivity index (χ0v) is 9.72. The van der Waals surface area contributed by atoms with E-state index in [1.807, 2.05) is 0 Å². The third-order valence-electron chi connectivity index (χ3n) is 0. The van der Waals surface area contributed by atoms with E-state index in [-0.39, 0.29) is 70.7 Å². The van der Waals surface area contributed by atoms with E-state index in [9.17, 15) is 0 Å². The molecule has 0 atom stereocenters. The van der Waals surface area contributed by atoms with Crippen LogP contribution in [0.5, 0.6) is 0 Å². The maximum Gasteiger partial charge on any atom is 0 e. The molecule has 0 saturated heterocycles. The Kier molecular flexibility index (Phi) is 182. The molecule has 0 aliphatic rings. The summed E-state index contributed by atoms with van der Waals surface area (Å²) >= 11 is 0. The van der Waals surface area contributed by atoms with Crippen molar-refractivity contribution in [1.29, 1.82) is 0 Å². The zero-order valence-electron chi connectivity index (χ0n) is 1.73. The second-order valence-electron chi connectivity index (χ2n) is 0. The molecule has 0 aromatic carbocycles. The maximum absolute atomic E-state index is 0. The molecule has 0 rings (SSSR count). The van der Waals surface area contributed by atoms with Crippen LogP contribution in [0.2, 0.25) is 0 Å². The first-order valence-corrected chi connectivity index (χ1v) is 0. The minimum absolute atomic E-state index is 0. The summed E-state index contributed by atoms with van der Waals surface area (Å²) in [4.78, 5) is 0. The van der Waals surface area contributed by atoms with E-state index in [2.05, 4.69) is 0 Å². The summed E-state index contributed by atoms with van der Waals surface area (Å²) in [6.45, 7) is 0. The minimum atomic E-state index is 0. The van der Waals surface area contributed by atoms with Gasteiger partial charge in [-0.2, -0.15) is 0 Å². The van der Waals surface area contributed by atoms with Gasteiger partial charge in [-0.25, -0.2) is 0 Å². The molecule has 0 spiro atoms. The fourth-order valence-corrected chi connectivity index (χ4v) is 0. The molecule has 4 heavy (non-hydrogen) atoms. The van der Waals surface area contributed by atoms with Crippen molar-refractivity contribution in [2.75, 3.05) is 0 Å². The van der Waals surface area contributed by atoms with E-state index in [1.165, 1.54) is 0 Å². The Hall–Kier alpha value is 2.04. The number of hydrogen-bond acceptors (Lipinski definition) is 0. The van der Waals surface area contributed by atoms with Crippen molar-refractivity contribution in [3.8, 4) is 0 Å². The van der Waals surface area contributed by atoms with Crippen molar-refractivity contribution >= 4 is 0 Å². The van der Waals surface area contributed by atoms with Gasteiger partial charge in [0.1, 0.15) is 0 Å². The van der Waals surface area contributed by atoms with E-state index >= 15 is 0 Å². The molecule has 0 nitrogen and oxygen atoms in total. The molecule has 0 aromatic rings. The Morgan fingerprint density at radius 1 is 1.00 bits per heavy atom. The van der Waals surface area contributed by atoms with Gasteiger partial charge in [-0.05, 0) is 0 Å². The molecule has 3 heteroatoms. The van der Waals surface area contributed by atoms with Crippen LogP contribution >= 0.6 is 0 Å². The molecule has 0 N–H and O–H groups in total. The van der Waals surface area contributed by atoms with Crippen LogP contribution in [0.15, 0.2) is 0 Å². The first-order chi connectivity index (χ1) is 0. The van der Waals surface area contributed by atoms with Gasteiger partial charge >= 0.3 is 0 Å². The Bertz CT molecular complexity index is 8.00. The van der Waals surface area contributed by atoms with Crippen LogP contribution in [-0.4, -0.2) is 0 Å². The first-order valence-electron chi connectivity index (χ1n) is 0. The van der Waals surface area contributed by atoms with Gasteiger partial charge in [0.25, 0.3) is 0 Å². The Balaban J connectivity index is 0. The summed E-state index contributed by atoms with van der Waals surface area (Å²) in [5.41, 5.74) is 0. The summed E-state index contributed by atoms with van der Waals surface area (Å²) in [7, 11) is 0. The van der Waals surface area contributed by atoms with Gasteiger partial charge in [0.05, 0.1) is 0 Å². The van der Waals surface area contributed by atoms with Gasteiger partial charge in [-0.3, -0.25) is 0 Å². The quantitative estimate of drug-likeness (QED) is 0.555. The standard InChI is InChI=1S/CH4.Cd.Ni.Zn/h1H4;;;. The van der Waals surface area contributed by atoms with Crippen molar-refractivity contribution in [2.24, 2.45) is 0 Å². The molecule has 0 saturated carbocycles. The molecule has 0 aliphatic heterocycles. The van der Waals surface area contributed by atoms with Crippen molar-refractivity contribution < 1.29 is 63.3 Å². The average molecular weight is 253 g/mol. The summed E-state index contributed by atoms with van der Waals surface area (Å²) in [5.74, 6) is 0. The van der Waals surface area contributed by atoms with E-state index < -0.39 is 0 Å². The van der Waals surface area contributed by atoms with E-state index in [0.29, 0.717) is 0 Å². The van der Waals surface area contributed by atoms with Crippen LogP contribution in [0, 0.1) is 0 Å². The van der Waals surface area contributed by atoms with Crippen LogP contribution in [0.25, 0.3) is 0 Å². The summed E-state index contributed by atoms with van der Waals surface area (Å²) in [6.07, 6.45) is 0. The average Bonchev–Trinajstić information content (AvgIpc) is 0. The van der Waals surface area contributed by atoms with Gasteiger partial charge in [-0.1, -0.05) is 7.43 Å². The van der Waals surface area contributed by atoms with Crippen LogP contribution in [-0.2, 0) is 63.3 Å². The molecule has 22 valence electrons. The minimum Gasteiger partial charge on any atom is -0.0776 e. The predicted octanol–water partition coefficient (Wildman–Crippen LogP) is 0.629. The Morgan fingerprint density at radius 3 is 1.00 bits per heavy atom. The van der Waals surface area contributed by atoms with Crippen molar-refractivity contribution in [3.63, 3.8) is 0 Å². The Labute approximate surface area is 70.0 Å². The molecule has 0 unspecified atom stereocenters. The van der Waals surface area contributed by atoms with Crippen molar-refractivity contribution in [3.05, 3.63) is 0 Å². The third kappa shape index (κ3) is 8.97. The van der Waals surface area contributed by atoms with Gasteiger partial charge in [0, 0.05) is 63.3 Å². The molecule has 0 aromatic heterocycles. The molecule has 0 bridgehead atoms. The molecule has 0 radical (unpaired) electrons. The molecule has 0 fully saturated rings. The van der Waals surface area contributed by atoms with E-state index in [4.69, 9.17) is 0 Å². The summed E-state index contributed by atoms with van der Waals surface area (Å²) < 4.78 is 0. The number of hydrogen-bond donors (Lipinski definition) is 0. The van der Waals surface area contributed by atoms with Crippen LogP contribution in [0.3, 0.4) is 0 Å². The molecule has 0 heterocycles. The topological polar surface area (TPSA) is 0 Å². The normalized spacial score (nSPS) is 0. The molecular weight excluding hydrogens is 249 g/mol. The summed E-state index contributed by atoms with van der Waals surface area (Å²) in [6, 6.07) is 0. The SMILES string of the molecule is C.[Cd].[Ni].[Zn]. The number of rotatable bonds is 0.